The maximum atomic E-state index is 3.98. The van der Waals surface area contributed by atoms with Crippen LogP contribution in [0.5, 0.6) is 0 Å². The van der Waals surface area contributed by atoms with Gasteiger partial charge in [-0.1, -0.05) is 5.21 Å². The summed E-state index contributed by atoms with van der Waals surface area (Å²) in [6.07, 6.45) is 6.02. The normalized spacial score (nSPS) is 17.2. The Labute approximate surface area is 89.9 Å². The second kappa shape index (κ2) is 6.18. The van der Waals surface area contributed by atoms with Crippen molar-refractivity contribution in [2.24, 2.45) is 0 Å². The molecule has 0 aromatic carbocycles. The highest BCUT2D eigenvalue weighted by Crippen LogP contribution is 2.15. The summed E-state index contributed by atoms with van der Waals surface area (Å²) < 4.78 is 1.96. The van der Waals surface area contributed by atoms with Crippen molar-refractivity contribution in [2.45, 2.75) is 18.9 Å². The Morgan fingerprint density at radius 1 is 1.23 bits per heavy atom. The Balaban J connectivity index is 0.000000720. The number of hydrogen-bond donors (Lipinski definition) is 1. The molecule has 0 amide bonds. The van der Waals surface area contributed by atoms with E-state index < -0.39 is 0 Å². The zero-order chi connectivity index (χ0) is 7.52. The van der Waals surface area contributed by atoms with E-state index in [1.807, 2.05) is 10.9 Å². The third kappa shape index (κ3) is 3.14. The SMILES string of the molecule is Cl.Cl.c1cn(C2CCNCC2)nn1. The minimum atomic E-state index is 0. The van der Waals surface area contributed by atoms with Gasteiger partial charge in [-0.15, -0.1) is 29.9 Å². The summed E-state index contributed by atoms with van der Waals surface area (Å²) in [7, 11) is 0. The number of halogens is 2. The molecule has 0 unspecified atom stereocenters. The van der Waals surface area contributed by atoms with E-state index in [-0.39, 0.29) is 24.8 Å². The van der Waals surface area contributed by atoms with Crippen LogP contribution >= 0.6 is 24.8 Å². The maximum Gasteiger partial charge on any atom is 0.0693 e. The van der Waals surface area contributed by atoms with Gasteiger partial charge in [0.25, 0.3) is 0 Å². The van der Waals surface area contributed by atoms with Crippen LogP contribution in [-0.2, 0) is 0 Å². The topological polar surface area (TPSA) is 42.7 Å². The predicted molar refractivity (Wildman–Crippen MR) is 55.7 cm³/mol. The number of aromatic nitrogens is 3. The van der Waals surface area contributed by atoms with Gasteiger partial charge in [-0.3, -0.25) is 0 Å². The van der Waals surface area contributed by atoms with Crippen molar-refractivity contribution in [3.8, 4) is 0 Å². The van der Waals surface area contributed by atoms with Gasteiger partial charge in [0.1, 0.15) is 0 Å². The highest BCUT2D eigenvalue weighted by molar-refractivity contribution is 5.85. The van der Waals surface area contributed by atoms with Crippen LogP contribution in [0.4, 0.5) is 0 Å². The summed E-state index contributed by atoms with van der Waals surface area (Å²) in [6.45, 7) is 2.20. The van der Waals surface area contributed by atoms with Crippen LogP contribution in [-0.4, -0.2) is 28.1 Å². The molecular weight excluding hydrogens is 211 g/mol. The highest BCUT2D eigenvalue weighted by atomic mass is 35.5. The molecule has 6 heteroatoms. The van der Waals surface area contributed by atoms with Crippen LogP contribution in [0, 0.1) is 0 Å². The smallest absolute Gasteiger partial charge is 0.0693 e. The van der Waals surface area contributed by atoms with Gasteiger partial charge in [-0.2, -0.15) is 0 Å². The monoisotopic (exact) mass is 224 g/mol. The fourth-order valence-electron chi connectivity index (χ4n) is 1.48. The van der Waals surface area contributed by atoms with Crippen molar-refractivity contribution in [3.63, 3.8) is 0 Å². The molecule has 1 aromatic heterocycles. The van der Waals surface area contributed by atoms with E-state index in [1.54, 1.807) is 6.20 Å². The molecular formula is C7H14Cl2N4. The van der Waals surface area contributed by atoms with Gasteiger partial charge in [0.15, 0.2) is 0 Å². The molecule has 0 saturated carbocycles. The highest BCUT2D eigenvalue weighted by Gasteiger charge is 2.14. The molecule has 76 valence electrons. The molecule has 1 saturated heterocycles. The first-order valence-electron chi connectivity index (χ1n) is 4.03. The number of hydrogen-bond acceptors (Lipinski definition) is 3. The molecule has 2 rings (SSSR count). The van der Waals surface area contributed by atoms with E-state index in [0.29, 0.717) is 6.04 Å². The standard InChI is InChI=1S/C7H12N4.2ClH/c1-3-8-4-2-7(1)11-6-5-9-10-11;;/h5-8H,1-4H2;2*1H. The molecule has 1 N–H and O–H groups in total. The Bertz CT molecular complexity index is 208. The van der Waals surface area contributed by atoms with E-state index in [0.717, 1.165) is 13.1 Å². The summed E-state index contributed by atoms with van der Waals surface area (Å²) in [5.41, 5.74) is 0. The van der Waals surface area contributed by atoms with Gasteiger partial charge in [-0.25, -0.2) is 4.68 Å². The predicted octanol–water partition coefficient (Wildman–Crippen LogP) is 1.05. The van der Waals surface area contributed by atoms with Crippen molar-refractivity contribution < 1.29 is 0 Å². The Morgan fingerprint density at radius 3 is 2.46 bits per heavy atom. The zero-order valence-corrected chi connectivity index (χ0v) is 8.85. The number of rotatable bonds is 1. The minimum absolute atomic E-state index is 0. The summed E-state index contributed by atoms with van der Waals surface area (Å²) in [5, 5.41) is 11.1. The van der Waals surface area contributed by atoms with Crippen molar-refractivity contribution >= 4 is 24.8 Å². The fraction of sp³-hybridized carbons (Fsp3) is 0.714. The number of nitrogens with zero attached hydrogens (tertiary/aromatic N) is 3. The first kappa shape index (κ1) is 12.7. The third-order valence-electron chi connectivity index (χ3n) is 2.12. The van der Waals surface area contributed by atoms with Gasteiger partial charge in [-0.05, 0) is 25.9 Å². The van der Waals surface area contributed by atoms with E-state index >= 15 is 0 Å². The lowest BCUT2D eigenvalue weighted by Gasteiger charge is -2.21. The maximum absolute atomic E-state index is 3.98. The lowest BCUT2D eigenvalue weighted by Crippen LogP contribution is -2.29. The number of piperidine rings is 1. The quantitative estimate of drug-likeness (QED) is 0.776. The van der Waals surface area contributed by atoms with E-state index in [4.69, 9.17) is 0 Å². The molecule has 4 nitrogen and oxygen atoms in total. The van der Waals surface area contributed by atoms with Gasteiger partial charge >= 0.3 is 0 Å². The lowest BCUT2D eigenvalue weighted by molar-refractivity contribution is 0.337. The van der Waals surface area contributed by atoms with Gasteiger partial charge in [0, 0.05) is 6.20 Å². The molecule has 0 bridgehead atoms. The van der Waals surface area contributed by atoms with Crippen molar-refractivity contribution in [2.75, 3.05) is 13.1 Å². The summed E-state index contributed by atoms with van der Waals surface area (Å²) in [5.74, 6) is 0. The van der Waals surface area contributed by atoms with Crippen molar-refractivity contribution in [1.29, 1.82) is 0 Å². The van der Waals surface area contributed by atoms with Crippen molar-refractivity contribution in [1.82, 2.24) is 20.3 Å². The minimum Gasteiger partial charge on any atom is -0.317 e. The van der Waals surface area contributed by atoms with Crippen LogP contribution in [0.25, 0.3) is 0 Å². The summed E-state index contributed by atoms with van der Waals surface area (Å²) in [6, 6.07) is 0.568. The van der Waals surface area contributed by atoms with Gasteiger partial charge in [0.05, 0.1) is 12.2 Å². The zero-order valence-electron chi connectivity index (χ0n) is 7.22. The molecule has 0 radical (unpaired) electrons. The molecule has 0 spiro atoms. The molecule has 13 heavy (non-hydrogen) atoms. The van der Waals surface area contributed by atoms with Crippen LogP contribution in [0.2, 0.25) is 0 Å². The molecule has 0 atom stereocenters. The molecule has 1 aliphatic rings. The second-order valence-electron chi connectivity index (χ2n) is 2.86. The average molecular weight is 225 g/mol. The van der Waals surface area contributed by atoms with Crippen LogP contribution in [0.1, 0.15) is 18.9 Å². The Kier molecular flexibility index (Phi) is 6.03. The fourth-order valence-corrected chi connectivity index (χ4v) is 1.48. The van der Waals surface area contributed by atoms with E-state index in [1.165, 1.54) is 12.8 Å². The Morgan fingerprint density at radius 2 is 1.92 bits per heavy atom. The van der Waals surface area contributed by atoms with Crippen molar-refractivity contribution in [3.05, 3.63) is 12.4 Å². The molecule has 2 heterocycles. The molecule has 1 fully saturated rings. The summed E-state index contributed by atoms with van der Waals surface area (Å²) >= 11 is 0. The third-order valence-corrected chi connectivity index (χ3v) is 2.12. The molecule has 1 aromatic rings. The average Bonchev–Trinajstić information content (AvgIpc) is 2.58. The van der Waals surface area contributed by atoms with Gasteiger partial charge in [0.2, 0.25) is 0 Å². The summed E-state index contributed by atoms with van der Waals surface area (Å²) in [4.78, 5) is 0. The Hall–Kier alpha value is -0.320. The van der Waals surface area contributed by atoms with Crippen LogP contribution in [0.15, 0.2) is 12.4 Å². The largest absolute Gasteiger partial charge is 0.317 e. The first-order chi connectivity index (χ1) is 5.47. The first-order valence-corrected chi connectivity index (χ1v) is 4.03. The van der Waals surface area contributed by atoms with Gasteiger partial charge < -0.3 is 5.32 Å². The van der Waals surface area contributed by atoms with E-state index in [2.05, 4.69) is 15.6 Å². The second-order valence-corrected chi connectivity index (χ2v) is 2.86. The molecule has 0 aliphatic carbocycles. The molecule has 1 aliphatic heterocycles. The van der Waals surface area contributed by atoms with Crippen LogP contribution < -0.4 is 5.32 Å². The van der Waals surface area contributed by atoms with E-state index in [9.17, 15) is 0 Å². The van der Waals surface area contributed by atoms with Crippen LogP contribution in [0.3, 0.4) is 0 Å². The number of nitrogens with one attached hydrogen (secondary N) is 1. The lowest BCUT2D eigenvalue weighted by atomic mass is 10.1.